The Morgan fingerprint density at radius 3 is 2.05 bits per heavy atom. The molecule has 1 saturated heterocycles. The standard InChI is InChI=1S/C36H34Cl2N4O2/c1-22(32-20-27(36(43)44)14-17-39-32)41-18-15-30(16-19-41)42-33-21-26(8-13-31(33)40-35(42)25-2-3-25)34(23-4-9-28(37)10-5-23)24-6-11-29(38)12-7-24/h4-14,17,20-22,25,30,34H,2-3,15-16,18-19H2,1H3,(H,43,44). The van der Waals surface area contributed by atoms with E-state index in [1.807, 2.05) is 24.3 Å². The smallest absolute Gasteiger partial charge is 0.335 e. The normalized spacial score (nSPS) is 16.9. The second kappa shape index (κ2) is 12.0. The zero-order chi connectivity index (χ0) is 30.4. The highest BCUT2D eigenvalue weighted by Crippen LogP contribution is 2.44. The van der Waals surface area contributed by atoms with Gasteiger partial charge in [-0.2, -0.15) is 0 Å². The molecule has 0 spiro atoms. The molecule has 2 aromatic heterocycles. The van der Waals surface area contributed by atoms with Crippen molar-refractivity contribution in [2.75, 3.05) is 13.1 Å². The molecule has 224 valence electrons. The maximum absolute atomic E-state index is 11.5. The molecule has 7 rings (SSSR count). The highest BCUT2D eigenvalue weighted by molar-refractivity contribution is 6.30. The predicted molar refractivity (Wildman–Crippen MR) is 175 cm³/mol. The van der Waals surface area contributed by atoms with Crippen molar-refractivity contribution in [3.8, 4) is 0 Å². The fraction of sp³-hybridized carbons (Fsp3) is 0.306. The zero-order valence-corrected chi connectivity index (χ0v) is 26.0. The van der Waals surface area contributed by atoms with E-state index < -0.39 is 5.97 Å². The molecule has 0 bridgehead atoms. The van der Waals surface area contributed by atoms with Gasteiger partial charge in [0.2, 0.25) is 0 Å². The van der Waals surface area contributed by atoms with Crippen molar-refractivity contribution in [3.05, 3.63) is 129 Å². The van der Waals surface area contributed by atoms with Gasteiger partial charge in [0.05, 0.1) is 22.3 Å². The quantitative estimate of drug-likeness (QED) is 0.175. The van der Waals surface area contributed by atoms with Gasteiger partial charge in [-0.1, -0.05) is 53.5 Å². The number of aromatic carboxylic acids is 1. The topological polar surface area (TPSA) is 71.2 Å². The summed E-state index contributed by atoms with van der Waals surface area (Å²) in [6.45, 7) is 3.94. The van der Waals surface area contributed by atoms with E-state index in [1.54, 1.807) is 18.3 Å². The molecule has 0 amide bonds. The van der Waals surface area contributed by atoms with Crippen LogP contribution >= 0.6 is 23.2 Å². The van der Waals surface area contributed by atoms with Crippen LogP contribution in [0, 0.1) is 0 Å². The number of hydrogen-bond donors (Lipinski definition) is 1. The van der Waals surface area contributed by atoms with E-state index in [-0.39, 0.29) is 17.5 Å². The summed E-state index contributed by atoms with van der Waals surface area (Å²) < 4.78 is 2.54. The number of benzene rings is 3. The van der Waals surface area contributed by atoms with E-state index in [1.165, 1.54) is 40.9 Å². The molecule has 5 aromatic rings. The molecule has 1 aliphatic heterocycles. The van der Waals surface area contributed by atoms with Gasteiger partial charge in [0.15, 0.2) is 0 Å². The van der Waals surface area contributed by atoms with Gasteiger partial charge in [-0.05, 0) is 97.8 Å². The monoisotopic (exact) mass is 624 g/mol. The Morgan fingerprint density at radius 2 is 1.45 bits per heavy atom. The lowest BCUT2D eigenvalue weighted by Crippen LogP contribution is -2.37. The van der Waals surface area contributed by atoms with Crippen LogP contribution in [0.25, 0.3) is 11.0 Å². The van der Waals surface area contributed by atoms with Gasteiger partial charge < -0.3 is 9.67 Å². The Kier molecular flexibility index (Phi) is 7.91. The average Bonchev–Trinajstić information content (AvgIpc) is 3.83. The summed E-state index contributed by atoms with van der Waals surface area (Å²) in [7, 11) is 0. The van der Waals surface area contributed by atoms with Crippen LogP contribution in [0.3, 0.4) is 0 Å². The number of rotatable bonds is 8. The summed E-state index contributed by atoms with van der Waals surface area (Å²) in [4.78, 5) is 23.6. The van der Waals surface area contributed by atoms with Crippen LogP contribution in [-0.4, -0.2) is 43.6 Å². The molecule has 44 heavy (non-hydrogen) atoms. The maximum atomic E-state index is 11.5. The summed E-state index contributed by atoms with van der Waals surface area (Å²) >= 11 is 12.6. The van der Waals surface area contributed by atoms with E-state index in [2.05, 4.69) is 63.8 Å². The number of halogens is 2. The molecule has 1 unspecified atom stereocenters. The van der Waals surface area contributed by atoms with Crippen molar-refractivity contribution in [1.29, 1.82) is 0 Å². The van der Waals surface area contributed by atoms with Gasteiger partial charge in [0.25, 0.3) is 0 Å². The molecule has 3 heterocycles. The number of pyridine rings is 1. The van der Waals surface area contributed by atoms with E-state index in [4.69, 9.17) is 28.2 Å². The second-order valence-electron chi connectivity index (χ2n) is 12.1. The van der Waals surface area contributed by atoms with Crippen molar-refractivity contribution in [3.63, 3.8) is 0 Å². The SMILES string of the molecule is CC(c1cc(C(=O)O)ccn1)N1CCC(n2c(C3CC3)nc3ccc(C(c4ccc(Cl)cc4)c4ccc(Cl)cc4)cc32)CC1. The van der Waals surface area contributed by atoms with Crippen LogP contribution in [-0.2, 0) is 0 Å². The van der Waals surface area contributed by atoms with Crippen molar-refractivity contribution in [2.45, 2.75) is 56.5 Å². The lowest BCUT2D eigenvalue weighted by Gasteiger charge is -2.37. The van der Waals surface area contributed by atoms with E-state index in [0.29, 0.717) is 12.0 Å². The Balaban J connectivity index is 1.22. The first kappa shape index (κ1) is 29.0. The molecular weight excluding hydrogens is 591 g/mol. The van der Waals surface area contributed by atoms with E-state index in [0.717, 1.165) is 47.2 Å². The van der Waals surface area contributed by atoms with E-state index in [9.17, 15) is 9.90 Å². The number of carboxylic acid groups (broad SMARTS) is 1. The molecule has 0 radical (unpaired) electrons. The predicted octanol–water partition coefficient (Wildman–Crippen LogP) is 8.89. The number of aromatic nitrogens is 3. The Bertz CT molecular complexity index is 1760. The number of likely N-dealkylation sites (tertiary alicyclic amines) is 1. The molecule has 3 aromatic carbocycles. The van der Waals surface area contributed by atoms with Crippen LogP contribution in [0.5, 0.6) is 0 Å². The van der Waals surface area contributed by atoms with Crippen LogP contribution in [0.15, 0.2) is 85.1 Å². The average molecular weight is 626 g/mol. The molecule has 8 heteroatoms. The summed E-state index contributed by atoms with van der Waals surface area (Å²) in [5.41, 5.74) is 6.88. The molecule has 6 nitrogen and oxygen atoms in total. The van der Waals surface area contributed by atoms with Crippen molar-refractivity contribution in [2.24, 2.45) is 0 Å². The number of nitrogens with zero attached hydrogens (tertiary/aromatic N) is 4. The third-order valence-corrected chi connectivity index (χ3v) is 9.80. The largest absolute Gasteiger partial charge is 0.478 e. The summed E-state index contributed by atoms with van der Waals surface area (Å²) in [6, 6.07) is 26.6. The lowest BCUT2D eigenvalue weighted by atomic mass is 9.85. The number of hydrogen-bond acceptors (Lipinski definition) is 4. The number of piperidine rings is 1. The molecular formula is C36H34Cl2N4O2. The van der Waals surface area contributed by atoms with Gasteiger partial charge in [-0.15, -0.1) is 0 Å². The highest BCUT2D eigenvalue weighted by Gasteiger charge is 2.34. The van der Waals surface area contributed by atoms with Crippen LogP contribution in [0.4, 0.5) is 0 Å². The summed E-state index contributed by atoms with van der Waals surface area (Å²) in [6.07, 6.45) is 5.97. The van der Waals surface area contributed by atoms with Crippen LogP contribution < -0.4 is 0 Å². The Labute approximate surface area is 267 Å². The number of carboxylic acids is 1. The Hall–Kier alpha value is -3.71. The van der Waals surface area contributed by atoms with Gasteiger partial charge in [0, 0.05) is 53.3 Å². The van der Waals surface area contributed by atoms with Crippen LogP contribution in [0.1, 0.15) is 95.1 Å². The molecule has 2 fully saturated rings. The lowest BCUT2D eigenvalue weighted by molar-refractivity contribution is 0.0696. The zero-order valence-electron chi connectivity index (χ0n) is 24.5. The first-order valence-electron chi connectivity index (χ1n) is 15.3. The number of fused-ring (bicyclic) bond motifs is 1. The van der Waals surface area contributed by atoms with E-state index >= 15 is 0 Å². The van der Waals surface area contributed by atoms with Crippen LogP contribution in [0.2, 0.25) is 10.0 Å². The molecule has 1 aliphatic carbocycles. The molecule has 2 aliphatic rings. The van der Waals surface area contributed by atoms with Crippen molar-refractivity contribution in [1.82, 2.24) is 19.4 Å². The van der Waals surface area contributed by atoms with Gasteiger partial charge in [-0.25, -0.2) is 9.78 Å². The van der Waals surface area contributed by atoms with Crippen molar-refractivity contribution >= 4 is 40.2 Å². The minimum Gasteiger partial charge on any atom is -0.478 e. The first-order valence-corrected chi connectivity index (χ1v) is 16.1. The minimum atomic E-state index is -0.923. The fourth-order valence-electron chi connectivity index (χ4n) is 6.74. The second-order valence-corrected chi connectivity index (χ2v) is 13.0. The minimum absolute atomic E-state index is 0.0263. The van der Waals surface area contributed by atoms with Gasteiger partial charge in [-0.3, -0.25) is 9.88 Å². The maximum Gasteiger partial charge on any atom is 0.335 e. The Morgan fingerprint density at radius 1 is 0.841 bits per heavy atom. The third-order valence-electron chi connectivity index (χ3n) is 9.29. The number of imidazole rings is 1. The summed E-state index contributed by atoms with van der Waals surface area (Å²) in [5, 5.41) is 10.9. The van der Waals surface area contributed by atoms with Gasteiger partial charge >= 0.3 is 5.97 Å². The fourth-order valence-corrected chi connectivity index (χ4v) is 6.99. The highest BCUT2D eigenvalue weighted by atomic mass is 35.5. The molecule has 1 atom stereocenters. The van der Waals surface area contributed by atoms with Crippen molar-refractivity contribution < 1.29 is 9.90 Å². The third kappa shape index (κ3) is 5.74. The number of carbonyl (C=O) groups is 1. The molecule has 1 N–H and O–H groups in total. The van der Waals surface area contributed by atoms with Gasteiger partial charge in [0.1, 0.15) is 5.82 Å². The summed E-state index contributed by atoms with van der Waals surface area (Å²) in [5.74, 6) is 0.842. The first-order chi connectivity index (χ1) is 21.4. The molecule has 1 saturated carbocycles.